The average molecular weight is 348 g/mol. The van der Waals surface area contributed by atoms with Gasteiger partial charge in [0, 0.05) is 5.56 Å². The third kappa shape index (κ3) is 3.67. The van der Waals surface area contributed by atoms with Gasteiger partial charge in [0.15, 0.2) is 5.82 Å². The summed E-state index contributed by atoms with van der Waals surface area (Å²) in [6, 6.07) is 12.5. The van der Waals surface area contributed by atoms with Crippen LogP contribution in [-0.2, 0) is 6.54 Å². The predicted octanol–water partition coefficient (Wildman–Crippen LogP) is 1.99. The van der Waals surface area contributed by atoms with Gasteiger partial charge in [0.05, 0.1) is 24.9 Å². The van der Waals surface area contributed by atoms with Crippen LogP contribution in [0.15, 0.2) is 36.4 Å². The van der Waals surface area contributed by atoms with E-state index in [9.17, 15) is 4.79 Å². The summed E-state index contributed by atoms with van der Waals surface area (Å²) in [5.74, 6) is 1.46. The first-order valence-corrected chi connectivity index (χ1v) is 7.82. The van der Waals surface area contributed by atoms with E-state index in [1.807, 2.05) is 30.3 Å². The van der Waals surface area contributed by atoms with Crippen molar-refractivity contribution in [2.45, 2.75) is 13.5 Å². The molecule has 0 aliphatic carbocycles. The summed E-state index contributed by atoms with van der Waals surface area (Å²) in [4.78, 5) is 20.7. The zero-order chi connectivity index (χ0) is 18.5. The Balaban J connectivity index is 1.65. The second kappa shape index (κ2) is 7.44. The molecule has 26 heavy (non-hydrogen) atoms. The zero-order valence-corrected chi connectivity index (χ0v) is 14.3. The molecule has 0 unspecified atom stereocenters. The molecule has 0 radical (unpaired) electrons. The molecule has 0 atom stereocenters. The number of carbonyl (C=O) groups is 1. The molecule has 2 aromatic heterocycles. The van der Waals surface area contributed by atoms with Crippen molar-refractivity contribution in [2.75, 3.05) is 7.11 Å². The fraction of sp³-hybridized carbons (Fsp3) is 0.167. The van der Waals surface area contributed by atoms with Crippen LogP contribution in [0.5, 0.6) is 5.75 Å². The van der Waals surface area contributed by atoms with Crippen LogP contribution in [-0.4, -0.2) is 33.2 Å². The summed E-state index contributed by atoms with van der Waals surface area (Å²) >= 11 is 0. The number of nitriles is 1. The Morgan fingerprint density at radius 1 is 1.23 bits per heavy atom. The molecule has 0 spiro atoms. The molecule has 2 N–H and O–H groups in total. The van der Waals surface area contributed by atoms with Crippen molar-refractivity contribution in [3.8, 4) is 23.2 Å². The van der Waals surface area contributed by atoms with E-state index in [0.717, 1.165) is 11.3 Å². The maximum absolute atomic E-state index is 12.2. The van der Waals surface area contributed by atoms with Gasteiger partial charge in [0.2, 0.25) is 0 Å². The van der Waals surface area contributed by atoms with Crippen LogP contribution in [0.3, 0.4) is 0 Å². The highest BCUT2D eigenvalue weighted by molar-refractivity contribution is 5.92. The quantitative estimate of drug-likeness (QED) is 0.728. The maximum atomic E-state index is 12.2. The van der Waals surface area contributed by atoms with E-state index in [2.05, 4.69) is 25.5 Å². The number of H-pyrrole nitrogens is 1. The lowest BCUT2D eigenvalue weighted by atomic mass is 10.2. The second-order valence-corrected chi connectivity index (χ2v) is 5.46. The standard InChI is InChI=1S/C18H16N6O2/c1-11-13(9-19)5-8-15(21-11)18(25)20-10-16-22-17(24-23-16)12-3-6-14(26-2)7-4-12/h3-8H,10H2,1-2H3,(H,20,25)(H,22,23,24). The molecule has 2 heterocycles. The zero-order valence-electron chi connectivity index (χ0n) is 14.3. The van der Waals surface area contributed by atoms with Crippen LogP contribution < -0.4 is 10.1 Å². The highest BCUT2D eigenvalue weighted by Gasteiger charge is 2.11. The predicted molar refractivity (Wildman–Crippen MR) is 93.2 cm³/mol. The number of hydrogen-bond acceptors (Lipinski definition) is 6. The molecule has 0 bridgehead atoms. The molecule has 0 saturated carbocycles. The van der Waals surface area contributed by atoms with Crippen LogP contribution in [0.4, 0.5) is 0 Å². The van der Waals surface area contributed by atoms with E-state index in [1.165, 1.54) is 6.07 Å². The van der Waals surface area contributed by atoms with Gasteiger partial charge in [-0.15, -0.1) is 0 Å². The smallest absolute Gasteiger partial charge is 0.270 e. The first kappa shape index (κ1) is 17.1. The van der Waals surface area contributed by atoms with Crippen molar-refractivity contribution < 1.29 is 9.53 Å². The average Bonchev–Trinajstić information content (AvgIpc) is 3.15. The summed E-state index contributed by atoms with van der Waals surface area (Å²) in [6.07, 6.45) is 0. The number of benzene rings is 1. The van der Waals surface area contributed by atoms with Crippen molar-refractivity contribution in [3.05, 3.63) is 59.2 Å². The normalized spacial score (nSPS) is 10.2. The van der Waals surface area contributed by atoms with Crippen molar-refractivity contribution >= 4 is 5.91 Å². The van der Waals surface area contributed by atoms with Crippen LogP contribution in [0, 0.1) is 18.3 Å². The number of amides is 1. The van der Waals surface area contributed by atoms with E-state index in [-0.39, 0.29) is 18.1 Å². The lowest BCUT2D eigenvalue weighted by Gasteiger charge is -2.04. The minimum atomic E-state index is -0.347. The summed E-state index contributed by atoms with van der Waals surface area (Å²) in [5.41, 5.74) is 2.04. The monoisotopic (exact) mass is 348 g/mol. The van der Waals surface area contributed by atoms with Crippen LogP contribution in [0.1, 0.15) is 27.6 Å². The molecule has 0 fully saturated rings. The Bertz CT molecular complexity index is 972. The number of carbonyl (C=O) groups excluding carboxylic acids is 1. The van der Waals surface area contributed by atoms with Gasteiger partial charge in [-0.05, 0) is 43.3 Å². The number of rotatable bonds is 5. The molecule has 3 aromatic rings. The number of ether oxygens (including phenoxy) is 1. The summed E-state index contributed by atoms with van der Waals surface area (Å²) in [7, 11) is 1.60. The van der Waals surface area contributed by atoms with Crippen LogP contribution in [0.25, 0.3) is 11.4 Å². The van der Waals surface area contributed by atoms with Gasteiger partial charge in [-0.1, -0.05) is 0 Å². The van der Waals surface area contributed by atoms with Gasteiger partial charge < -0.3 is 10.1 Å². The number of nitrogens with zero attached hydrogens (tertiary/aromatic N) is 4. The van der Waals surface area contributed by atoms with Crippen molar-refractivity contribution in [1.29, 1.82) is 5.26 Å². The summed E-state index contributed by atoms with van der Waals surface area (Å²) in [6.45, 7) is 1.87. The molecule has 1 amide bonds. The van der Waals surface area contributed by atoms with Crippen molar-refractivity contribution in [2.24, 2.45) is 0 Å². The molecule has 0 saturated heterocycles. The van der Waals surface area contributed by atoms with E-state index in [0.29, 0.717) is 22.9 Å². The third-order valence-corrected chi connectivity index (χ3v) is 3.74. The Labute approximate surface area is 149 Å². The largest absolute Gasteiger partial charge is 0.497 e. The molecule has 0 aliphatic heterocycles. The number of hydrogen-bond donors (Lipinski definition) is 2. The lowest BCUT2D eigenvalue weighted by molar-refractivity contribution is 0.0944. The Hall–Kier alpha value is -3.73. The maximum Gasteiger partial charge on any atom is 0.270 e. The number of aryl methyl sites for hydroxylation is 1. The SMILES string of the molecule is COc1ccc(-c2n[nH]c(CNC(=O)c3ccc(C#N)c(C)n3)n2)cc1. The molecule has 8 heteroatoms. The number of aromatic nitrogens is 4. The molecular weight excluding hydrogens is 332 g/mol. The highest BCUT2D eigenvalue weighted by atomic mass is 16.5. The summed E-state index contributed by atoms with van der Waals surface area (Å²) < 4.78 is 5.12. The number of aromatic amines is 1. The van der Waals surface area contributed by atoms with Gasteiger partial charge in [0.25, 0.3) is 5.91 Å². The van der Waals surface area contributed by atoms with Gasteiger partial charge in [-0.2, -0.15) is 10.4 Å². The second-order valence-electron chi connectivity index (χ2n) is 5.46. The first-order valence-electron chi connectivity index (χ1n) is 7.82. The molecule has 130 valence electrons. The number of nitrogens with one attached hydrogen (secondary N) is 2. The van der Waals surface area contributed by atoms with Gasteiger partial charge in [-0.3, -0.25) is 9.89 Å². The molecular formula is C18H16N6O2. The first-order chi connectivity index (χ1) is 12.6. The van der Waals surface area contributed by atoms with Crippen molar-refractivity contribution in [1.82, 2.24) is 25.5 Å². The van der Waals surface area contributed by atoms with E-state index < -0.39 is 0 Å². The Kier molecular flexibility index (Phi) is 4.90. The molecule has 8 nitrogen and oxygen atoms in total. The van der Waals surface area contributed by atoms with E-state index in [4.69, 9.17) is 10.00 Å². The summed E-state index contributed by atoms with van der Waals surface area (Å²) in [5, 5.41) is 18.6. The Morgan fingerprint density at radius 2 is 2.00 bits per heavy atom. The Morgan fingerprint density at radius 3 is 2.65 bits per heavy atom. The fourth-order valence-corrected chi connectivity index (χ4v) is 2.30. The van der Waals surface area contributed by atoms with Gasteiger partial charge in [-0.25, -0.2) is 9.97 Å². The van der Waals surface area contributed by atoms with Crippen LogP contribution in [0.2, 0.25) is 0 Å². The molecule has 3 rings (SSSR count). The van der Waals surface area contributed by atoms with Crippen molar-refractivity contribution in [3.63, 3.8) is 0 Å². The van der Waals surface area contributed by atoms with Crippen LogP contribution >= 0.6 is 0 Å². The van der Waals surface area contributed by atoms with E-state index in [1.54, 1.807) is 20.1 Å². The molecule has 1 aromatic carbocycles. The number of methoxy groups -OCH3 is 1. The fourth-order valence-electron chi connectivity index (χ4n) is 2.30. The third-order valence-electron chi connectivity index (χ3n) is 3.74. The topological polar surface area (TPSA) is 117 Å². The lowest BCUT2D eigenvalue weighted by Crippen LogP contribution is -2.24. The minimum Gasteiger partial charge on any atom is -0.497 e. The minimum absolute atomic E-state index is 0.183. The molecule has 0 aliphatic rings. The van der Waals surface area contributed by atoms with Gasteiger partial charge >= 0.3 is 0 Å². The van der Waals surface area contributed by atoms with E-state index >= 15 is 0 Å². The highest BCUT2D eigenvalue weighted by Crippen LogP contribution is 2.18. The van der Waals surface area contributed by atoms with Gasteiger partial charge in [0.1, 0.15) is 23.3 Å². The number of pyridine rings is 1.